The summed E-state index contributed by atoms with van der Waals surface area (Å²) in [5.41, 5.74) is 2.97. The molecule has 0 aliphatic carbocycles. The van der Waals surface area contributed by atoms with E-state index in [4.69, 9.17) is 0 Å². The van der Waals surface area contributed by atoms with E-state index >= 15 is 0 Å². The molecule has 0 saturated heterocycles. The predicted molar refractivity (Wildman–Crippen MR) is 76.5 cm³/mol. The molecule has 0 aliphatic heterocycles. The Morgan fingerprint density at radius 2 is 1.78 bits per heavy atom. The van der Waals surface area contributed by atoms with E-state index in [0.29, 0.717) is 12.1 Å². The lowest BCUT2D eigenvalue weighted by Gasteiger charge is -2.07. The average Bonchev–Trinajstić information content (AvgIpc) is 2.38. The van der Waals surface area contributed by atoms with E-state index in [9.17, 15) is 4.79 Å². The molecule has 0 bridgehead atoms. The van der Waals surface area contributed by atoms with Crippen molar-refractivity contribution in [3.8, 4) is 0 Å². The molecule has 0 atom stereocenters. The highest BCUT2D eigenvalue weighted by atomic mass is 79.9. The fourth-order valence-electron chi connectivity index (χ4n) is 1.63. The molecule has 0 radical (unpaired) electrons. The van der Waals surface area contributed by atoms with Crippen LogP contribution < -0.4 is 5.32 Å². The molecule has 2 aromatic rings. The van der Waals surface area contributed by atoms with Gasteiger partial charge in [0.2, 0.25) is 0 Å². The molecular formula is C15H14BrNO. The Bertz CT molecular complexity index is 549. The van der Waals surface area contributed by atoms with Crippen molar-refractivity contribution in [1.82, 2.24) is 5.32 Å². The van der Waals surface area contributed by atoms with Gasteiger partial charge in [-0.1, -0.05) is 42.0 Å². The minimum Gasteiger partial charge on any atom is -0.348 e. The fraction of sp³-hybridized carbons (Fsp3) is 0.133. The second kappa shape index (κ2) is 5.83. The largest absolute Gasteiger partial charge is 0.348 e. The van der Waals surface area contributed by atoms with Gasteiger partial charge in [0.1, 0.15) is 0 Å². The summed E-state index contributed by atoms with van der Waals surface area (Å²) in [6.07, 6.45) is 0. The van der Waals surface area contributed by atoms with E-state index in [1.807, 2.05) is 49.4 Å². The van der Waals surface area contributed by atoms with Gasteiger partial charge in [0.15, 0.2) is 0 Å². The molecule has 0 heterocycles. The van der Waals surface area contributed by atoms with Gasteiger partial charge in [-0.25, -0.2) is 0 Å². The Balaban J connectivity index is 2.01. The predicted octanol–water partition coefficient (Wildman–Crippen LogP) is 3.69. The van der Waals surface area contributed by atoms with Gasteiger partial charge in [0.05, 0.1) is 5.56 Å². The third-order valence-electron chi connectivity index (χ3n) is 2.69. The Kier molecular flexibility index (Phi) is 4.15. The summed E-state index contributed by atoms with van der Waals surface area (Å²) in [7, 11) is 0. The Hall–Kier alpha value is -1.61. The number of benzene rings is 2. The number of hydrogen-bond donors (Lipinski definition) is 1. The summed E-state index contributed by atoms with van der Waals surface area (Å²) in [6, 6.07) is 15.5. The van der Waals surface area contributed by atoms with Crippen LogP contribution in [0, 0.1) is 6.92 Å². The van der Waals surface area contributed by atoms with Crippen LogP contribution in [0.3, 0.4) is 0 Å². The molecule has 2 nitrogen and oxygen atoms in total. The highest BCUT2D eigenvalue weighted by molar-refractivity contribution is 9.10. The minimum atomic E-state index is -0.0666. The zero-order chi connectivity index (χ0) is 13.0. The standard InChI is InChI=1S/C15H14BrNO/c1-11-6-8-12(9-7-11)10-17-15(18)13-4-2-3-5-14(13)16/h2-9H,10H2,1H3,(H,17,18). The van der Waals surface area contributed by atoms with Gasteiger partial charge in [-0.2, -0.15) is 0 Å². The molecule has 0 aromatic heterocycles. The summed E-state index contributed by atoms with van der Waals surface area (Å²) in [5.74, 6) is -0.0666. The Morgan fingerprint density at radius 1 is 1.11 bits per heavy atom. The maximum absolute atomic E-state index is 12.0. The molecule has 1 amide bonds. The molecular weight excluding hydrogens is 290 g/mol. The number of amides is 1. The van der Waals surface area contributed by atoms with Crippen LogP contribution in [0.4, 0.5) is 0 Å². The maximum Gasteiger partial charge on any atom is 0.252 e. The first-order valence-corrected chi connectivity index (χ1v) is 6.54. The van der Waals surface area contributed by atoms with E-state index in [1.165, 1.54) is 5.56 Å². The molecule has 0 aliphatic rings. The Labute approximate surface area is 115 Å². The Morgan fingerprint density at radius 3 is 2.44 bits per heavy atom. The van der Waals surface area contributed by atoms with E-state index in [1.54, 1.807) is 6.07 Å². The smallest absolute Gasteiger partial charge is 0.252 e. The van der Waals surface area contributed by atoms with Gasteiger partial charge < -0.3 is 5.32 Å². The van der Waals surface area contributed by atoms with Crippen molar-refractivity contribution in [1.29, 1.82) is 0 Å². The highest BCUT2D eigenvalue weighted by Gasteiger charge is 2.08. The molecule has 0 fully saturated rings. The van der Waals surface area contributed by atoms with Gasteiger partial charge in [-0.05, 0) is 40.5 Å². The van der Waals surface area contributed by atoms with Crippen molar-refractivity contribution >= 4 is 21.8 Å². The van der Waals surface area contributed by atoms with Crippen molar-refractivity contribution < 1.29 is 4.79 Å². The van der Waals surface area contributed by atoms with Crippen LogP contribution in [0.2, 0.25) is 0 Å². The monoisotopic (exact) mass is 303 g/mol. The van der Waals surface area contributed by atoms with E-state index in [2.05, 4.69) is 21.2 Å². The zero-order valence-electron chi connectivity index (χ0n) is 10.1. The fourth-order valence-corrected chi connectivity index (χ4v) is 2.09. The molecule has 0 unspecified atom stereocenters. The number of halogens is 1. The number of hydrogen-bond acceptors (Lipinski definition) is 1. The van der Waals surface area contributed by atoms with Crippen molar-refractivity contribution in [3.05, 3.63) is 69.7 Å². The first-order chi connectivity index (χ1) is 8.66. The number of carbonyl (C=O) groups excluding carboxylic acids is 1. The SMILES string of the molecule is Cc1ccc(CNC(=O)c2ccccc2Br)cc1. The summed E-state index contributed by atoms with van der Waals surface area (Å²) >= 11 is 3.37. The first kappa shape index (κ1) is 12.8. The summed E-state index contributed by atoms with van der Waals surface area (Å²) in [6.45, 7) is 2.59. The van der Waals surface area contributed by atoms with Crippen LogP contribution in [0.15, 0.2) is 53.0 Å². The summed E-state index contributed by atoms with van der Waals surface area (Å²) < 4.78 is 0.811. The molecule has 0 spiro atoms. The van der Waals surface area contributed by atoms with Gasteiger partial charge in [-0.3, -0.25) is 4.79 Å². The van der Waals surface area contributed by atoms with Crippen LogP contribution in [-0.4, -0.2) is 5.91 Å². The quantitative estimate of drug-likeness (QED) is 0.920. The molecule has 92 valence electrons. The highest BCUT2D eigenvalue weighted by Crippen LogP contribution is 2.15. The third kappa shape index (κ3) is 3.20. The van der Waals surface area contributed by atoms with Gasteiger partial charge in [-0.15, -0.1) is 0 Å². The van der Waals surface area contributed by atoms with E-state index < -0.39 is 0 Å². The number of carbonyl (C=O) groups is 1. The van der Waals surface area contributed by atoms with Crippen molar-refractivity contribution in [2.75, 3.05) is 0 Å². The number of aryl methyl sites for hydroxylation is 1. The average molecular weight is 304 g/mol. The second-order valence-corrected chi connectivity index (χ2v) is 5.00. The van der Waals surface area contributed by atoms with E-state index in [0.717, 1.165) is 10.0 Å². The maximum atomic E-state index is 12.0. The van der Waals surface area contributed by atoms with Crippen LogP contribution in [0.25, 0.3) is 0 Å². The second-order valence-electron chi connectivity index (χ2n) is 4.15. The summed E-state index contributed by atoms with van der Waals surface area (Å²) in [4.78, 5) is 12.0. The van der Waals surface area contributed by atoms with Crippen molar-refractivity contribution in [2.24, 2.45) is 0 Å². The van der Waals surface area contributed by atoms with Crippen LogP contribution in [0.1, 0.15) is 21.5 Å². The van der Waals surface area contributed by atoms with Crippen LogP contribution in [-0.2, 0) is 6.54 Å². The van der Waals surface area contributed by atoms with Crippen LogP contribution in [0.5, 0.6) is 0 Å². The third-order valence-corrected chi connectivity index (χ3v) is 3.38. The van der Waals surface area contributed by atoms with Crippen molar-refractivity contribution in [2.45, 2.75) is 13.5 Å². The van der Waals surface area contributed by atoms with Gasteiger partial charge in [0.25, 0.3) is 5.91 Å². The molecule has 1 N–H and O–H groups in total. The number of rotatable bonds is 3. The van der Waals surface area contributed by atoms with Crippen LogP contribution >= 0.6 is 15.9 Å². The zero-order valence-corrected chi connectivity index (χ0v) is 11.7. The van der Waals surface area contributed by atoms with E-state index in [-0.39, 0.29) is 5.91 Å². The number of nitrogens with one attached hydrogen (secondary N) is 1. The topological polar surface area (TPSA) is 29.1 Å². The lowest BCUT2D eigenvalue weighted by atomic mass is 10.1. The summed E-state index contributed by atoms with van der Waals surface area (Å²) in [5, 5.41) is 2.91. The first-order valence-electron chi connectivity index (χ1n) is 5.75. The van der Waals surface area contributed by atoms with Crippen molar-refractivity contribution in [3.63, 3.8) is 0 Å². The van der Waals surface area contributed by atoms with Gasteiger partial charge in [0, 0.05) is 11.0 Å². The molecule has 2 rings (SSSR count). The molecule has 18 heavy (non-hydrogen) atoms. The lowest BCUT2D eigenvalue weighted by Crippen LogP contribution is -2.23. The minimum absolute atomic E-state index is 0.0666. The molecule has 3 heteroatoms. The normalized spacial score (nSPS) is 10.1. The molecule has 0 saturated carbocycles. The lowest BCUT2D eigenvalue weighted by molar-refractivity contribution is 0.0950. The van der Waals surface area contributed by atoms with Gasteiger partial charge >= 0.3 is 0 Å². The molecule has 2 aromatic carbocycles.